The second kappa shape index (κ2) is 8.31. The highest BCUT2D eigenvalue weighted by Gasteiger charge is 2.19. The fourth-order valence-electron chi connectivity index (χ4n) is 2.13. The van der Waals surface area contributed by atoms with Crippen LogP contribution in [0.3, 0.4) is 0 Å². The smallest absolute Gasteiger partial charge is 0.367 e. The van der Waals surface area contributed by atoms with Crippen molar-refractivity contribution < 1.29 is 19.1 Å². The van der Waals surface area contributed by atoms with Crippen LogP contribution in [0.4, 0.5) is 5.00 Å². The molecule has 6 nitrogen and oxygen atoms in total. The highest BCUT2D eigenvalue weighted by Crippen LogP contribution is 2.25. The van der Waals surface area contributed by atoms with Crippen molar-refractivity contribution >= 4 is 28.2 Å². The Morgan fingerprint density at radius 1 is 1.23 bits per heavy atom. The largest absolute Gasteiger partial charge is 0.481 e. The van der Waals surface area contributed by atoms with E-state index in [-0.39, 0.29) is 22.9 Å². The summed E-state index contributed by atoms with van der Waals surface area (Å²) in [6.45, 7) is 10.1. The van der Waals surface area contributed by atoms with Crippen LogP contribution in [0.1, 0.15) is 50.0 Å². The SMILES string of the molecule is CCOC(=O)c1ncc(NC(=O)[C@H](C)Oc2ccc(C(C)(C)C)cc2)s1. The first-order chi connectivity index (χ1) is 12.2. The molecule has 0 aliphatic heterocycles. The maximum Gasteiger partial charge on any atom is 0.367 e. The molecule has 0 aliphatic carbocycles. The molecule has 2 rings (SSSR count). The number of amides is 1. The summed E-state index contributed by atoms with van der Waals surface area (Å²) in [5.74, 6) is -0.192. The number of nitrogens with zero attached hydrogens (tertiary/aromatic N) is 1. The molecule has 2 aromatic rings. The second-order valence-electron chi connectivity index (χ2n) is 6.77. The molecule has 0 saturated carbocycles. The predicted octanol–water partition coefficient (Wildman–Crippen LogP) is 4.02. The van der Waals surface area contributed by atoms with Crippen LogP contribution in [0.25, 0.3) is 0 Å². The van der Waals surface area contributed by atoms with Crippen LogP contribution >= 0.6 is 11.3 Å². The minimum atomic E-state index is -0.691. The Morgan fingerprint density at radius 3 is 2.46 bits per heavy atom. The van der Waals surface area contributed by atoms with Crippen LogP contribution in [0.5, 0.6) is 5.75 Å². The zero-order valence-corrected chi connectivity index (χ0v) is 16.5. The molecule has 0 fully saturated rings. The van der Waals surface area contributed by atoms with E-state index in [9.17, 15) is 9.59 Å². The molecular weight excluding hydrogens is 352 g/mol. The summed E-state index contributed by atoms with van der Waals surface area (Å²) in [6, 6.07) is 7.70. The Bertz CT molecular complexity index is 763. The van der Waals surface area contributed by atoms with Gasteiger partial charge in [-0.2, -0.15) is 0 Å². The number of hydrogen-bond acceptors (Lipinski definition) is 6. The molecule has 0 bridgehead atoms. The summed E-state index contributed by atoms with van der Waals surface area (Å²) >= 11 is 1.06. The van der Waals surface area contributed by atoms with E-state index in [1.165, 1.54) is 11.8 Å². The van der Waals surface area contributed by atoms with E-state index in [0.717, 1.165) is 11.3 Å². The number of anilines is 1. The Labute approximate surface area is 157 Å². The lowest BCUT2D eigenvalue weighted by Gasteiger charge is -2.20. The maximum atomic E-state index is 12.3. The van der Waals surface area contributed by atoms with Crippen LogP contribution in [0.15, 0.2) is 30.5 Å². The Morgan fingerprint density at radius 2 is 1.88 bits per heavy atom. The lowest BCUT2D eigenvalue weighted by Crippen LogP contribution is -2.29. The molecule has 0 saturated heterocycles. The number of thiazole rings is 1. The summed E-state index contributed by atoms with van der Waals surface area (Å²) < 4.78 is 10.6. The molecule has 0 spiro atoms. The normalized spacial score (nSPS) is 12.3. The summed E-state index contributed by atoms with van der Waals surface area (Å²) in [6.07, 6.45) is 0.739. The van der Waals surface area contributed by atoms with Gasteiger partial charge in [-0.05, 0) is 37.0 Å². The zero-order chi connectivity index (χ0) is 19.3. The average Bonchev–Trinajstić information content (AvgIpc) is 3.03. The number of benzene rings is 1. The van der Waals surface area contributed by atoms with Crippen LogP contribution in [-0.4, -0.2) is 29.6 Å². The standard InChI is InChI=1S/C19H24N2O4S/c1-6-24-18(23)17-20-11-15(26-17)21-16(22)12(2)25-14-9-7-13(8-10-14)19(3,4)5/h7-12H,6H2,1-5H3,(H,21,22)/t12-/m0/s1. The van der Waals surface area contributed by atoms with Crippen molar-refractivity contribution in [1.29, 1.82) is 0 Å². The lowest BCUT2D eigenvalue weighted by atomic mass is 9.87. The molecule has 0 unspecified atom stereocenters. The third-order valence-corrected chi connectivity index (χ3v) is 4.50. The van der Waals surface area contributed by atoms with Crippen molar-refractivity contribution in [1.82, 2.24) is 4.98 Å². The molecule has 1 amide bonds. The Hall–Kier alpha value is -2.41. The summed E-state index contributed by atoms with van der Waals surface area (Å²) in [7, 11) is 0. The van der Waals surface area contributed by atoms with Crippen LogP contribution in [-0.2, 0) is 14.9 Å². The van der Waals surface area contributed by atoms with Gasteiger partial charge in [0.15, 0.2) is 6.10 Å². The van der Waals surface area contributed by atoms with E-state index in [2.05, 4.69) is 31.1 Å². The van der Waals surface area contributed by atoms with Crippen LogP contribution in [0.2, 0.25) is 0 Å². The first-order valence-electron chi connectivity index (χ1n) is 8.41. The van der Waals surface area contributed by atoms with E-state index < -0.39 is 12.1 Å². The molecule has 0 aliphatic rings. The first kappa shape index (κ1) is 19.9. The van der Waals surface area contributed by atoms with E-state index in [1.54, 1.807) is 13.8 Å². The van der Waals surface area contributed by atoms with E-state index in [4.69, 9.17) is 9.47 Å². The van der Waals surface area contributed by atoms with Crippen LogP contribution < -0.4 is 10.1 Å². The maximum absolute atomic E-state index is 12.3. The Kier molecular flexibility index (Phi) is 6.37. The third kappa shape index (κ3) is 5.29. The summed E-state index contributed by atoms with van der Waals surface area (Å²) in [5, 5.41) is 3.37. The van der Waals surface area contributed by atoms with Crippen molar-refractivity contribution in [3.05, 3.63) is 41.0 Å². The average molecular weight is 376 g/mol. The number of nitrogens with one attached hydrogen (secondary N) is 1. The van der Waals surface area contributed by atoms with Crippen molar-refractivity contribution in [2.45, 2.75) is 46.1 Å². The predicted molar refractivity (Wildman–Crippen MR) is 102 cm³/mol. The van der Waals surface area contributed by atoms with Gasteiger partial charge in [-0.3, -0.25) is 4.79 Å². The highest BCUT2D eigenvalue weighted by atomic mass is 32.1. The van der Waals surface area contributed by atoms with Crippen molar-refractivity contribution in [3.8, 4) is 5.75 Å². The van der Waals surface area contributed by atoms with E-state index >= 15 is 0 Å². The third-order valence-electron chi connectivity index (χ3n) is 3.60. The van der Waals surface area contributed by atoms with Crippen molar-refractivity contribution in [2.75, 3.05) is 11.9 Å². The molecule has 1 atom stereocenters. The zero-order valence-electron chi connectivity index (χ0n) is 15.7. The van der Waals surface area contributed by atoms with Gasteiger partial charge in [0.05, 0.1) is 12.8 Å². The molecule has 7 heteroatoms. The van der Waals surface area contributed by atoms with Crippen molar-refractivity contribution in [2.24, 2.45) is 0 Å². The number of carbonyl (C=O) groups excluding carboxylic acids is 2. The van der Waals surface area contributed by atoms with E-state index in [1.807, 2.05) is 24.3 Å². The molecule has 1 aromatic carbocycles. The van der Waals surface area contributed by atoms with Gasteiger partial charge in [-0.25, -0.2) is 9.78 Å². The van der Waals surface area contributed by atoms with Gasteiger partial charge in [-0.1, -0.05) is 44.2 Å². The van der Waals surface area contributed by atoms with Gasteiger partial charge >= 0.3 is 5.97 Å². The number of rotatable bonds is 6. The molecule has 140 valence electrons. The Balaban J connectivity index is 1.94. The number of hydrogen-bond donors (Lipinski definition) is 1. The minimum absolute atomic E-state index is 0.0598. The lowest BCUT2D eigenvalue weighted by molar-refractivity contribution is -0.122. The molecule has 26 heavy (non-hydrogen) atoms. The topological polar surface area (TPSA) is 77.5 Å². The van der Waals surface area contributed by atoms with Gasteiger partial charge in [0, 0.05) is 0 Å². The molecule has 1 N–H and O–H groups in total. The molecular formula is C19H24N2O4S. The molecule has 1 heterocycles. The molecule has 1 aromatic heterocycles. The molecule has 0 radical (unpaired) electrons. The van der Waals surface area contributed by atoms with Gasteiger partial charge in [0.1, 0.15) is 10.8 Å². The minimum Gasteiger partial charge on any atom is -0.481 e. The number of ether oxygens (including phenoxy) is 2. The summed E-state index contributed by atoms with van der Waals surface area (Å²) in [4.78, 5) is 27.8. The monoisotopic (exact) mass is 376 g/mol. The number of aromatic nitrogens is 1. The fraction of sp³-hybridized carbons (Fsp3) is 0.421. The second-order valence-corrected chi connectivity index (χ2v) is 7.80. The quantitative estimate of drug-likeness (QED) is 0.771. The van der Waals surface area contributed by atoms with Gasteiger partial charge < -0.3 is 14.8 Å². The number of carbonyl (C=O) groups is 2. The number of esters is 1. The van der Waals surface area contributed by atoms with Gasteiger partial charge in [0.25, 0.3) is 5.91 Å². The van der Waals surface area contributed by atoms with Crippen LogP contribution in [0, 0.1) is 0 Å². The highest BCUT2D eigenvalue weighted by molar-refractivity contribution is 7.17. The first-order valence-corrected chi connectivity index (χ1v) is 9.23. The van der Waals surface area contributed by atoms with E-state index in [0.29, 0.717) is 10.8 Å². The fourth-order valence-corrected chi connectivity index (χ4v) is 2.85. The van der Waals surface area contributed by atoms with Gasteiger partial charge in [0.2, 0.25) is 5.01 Å². The van der Waals surface area contributed by atoms with Crippen molar-refractivity contribution in [3.63, 3.8) is 0 Å². The van der Waals surface area contributed by atoms with Gasteiger partial charge in [-0.15, -0.1) is 0 Å². The summed E-state index contributed by atoms with van der Waals surface area (Å²) in [5.41, 5.74) is 1.25.